The molecule has 1 N–H and O–H groups in total. The molecule has 3 nitrogen and oxygen atoms in total. The van der Waals surface area contributed by atoms with Crippen LogP contribution < -0.4 is 5.32 Å². The first-order valence-electron chi connectivity index (χ1n) is 5.95. The summed E-state index contributed by atoms with van der Waals surface area (Å²) in [6.45, 7) is 2.06. The smallest absolute Gasteiger partial charge is 0.135 e. The van der Waals surface area contributed by atoms with Crippen molar-refractivity contribution >= 4 is 62.2 Å². The molecule has 7 heteroatoms. The second-order valence-corrected chi connectivity index (χ2v) is 6.09. The number of nitrogens with one attached hydrogen (secondary N) is 1. The van der Waals surface area contributed by atoms with Crippen molar-refractivity contribution in [3.05, 3.63) is 43.7 Å². The Labute approximate surface area is 140 Å². The lowest BCUT2D eigenvalue weighted by molar-refractivity contribution is 0.837. The first-order chi connectivity index (χ1) is 9.51. The van der Waals surface area contributed by atoms with Gasteiger partial charge >= 0.3 is 0 Å². The molecule has 0 aliphatic heterocycles. The standard InChI is InChI=1S/C13H11BrCl3N3/c1-2-3-10-19-9(15)6-11(20-10)18-8-5-4-7(14)12(16)13(8)17/h4-6H,2-3H2,1H3,(H,18,19,20). The third kappa shape index (κ3) is 3.76. The Bertz CT molecular complexity index is 634. The molecule has 0 aliphatic rings. The van der Waals surface area contributed by atoms with Crippen molar-refractivity contribution in [3.8, 4) is 0 Å². The lowest BCUT2D eigenvalue weighted by Crippen LogP contribution is -2.01. The van der Waals surface area contributed by atoms with Crippen LogP contribution in [0.4, 0.5) is 11.5 Å². The van der Waals surface area contributed by atoms with Crippen LogP contribution in [0.1, 0.15) is 19.2 Å². The van der Waals surface area contributed by atoms with E-state index >= 15 is 0 Å². The van der Waals surface area contributed by atoms with Crippen LogP contribution in [0.3, 0.4) is 0 Å². The third-order valence-corrected chi connectivity index (χ3v) is 4.48. The summed E-state index contributed by atoms with van der Waals surface area (Å²) in [5, 5.41) is 4.37. The van der Waals surface area contributed by atoms with Crippen LogP contribution in [-0.4, -0.2) is 9.97 Å². The van der Waals surface area contributed by atoms with Crippen molar-refractivity contribution in [3.63, 3.8) is 0 Å². The van der Waals surface area contributed by atoms with Crippen molar-refractivity contribution in [2.75, 3.05) is 5.32 Å². The van der Waals surface area contributed by atoms with Crippen molar-refractivity contribution in [2.24, 2.45) is 0 Å². The predicted octanol–water partition coefficient (Wildman–Crippen LogP) is 5.90. The summed E-state index contributed by atoms with van der Waals surface area (Å²) in [7, 11) is 0. The molecule has 2 aromatic rings. The van der Waals surface area contributed by atoms with Gasteiger partial charge in [0.05, 0.1) is 15.7 Å². The average Bonchev–Trinajstić information content (AvgIpc) is 2.39. The van der Waals surface area contributed by atoms with Gasteiger partial charge in [-0.3, -0.25) is 0 Å². The highest BCUT2D eigenvalue weighted by Crippen LogP contribution is 2.37. The molecule has 0 aliphatic carbocycles. The Morgan fingerprint density at radius 3 is 2.60 bits per heavy atom. The number of anilines is 2. The summed E-state index contributed by atoms with van der Waals surface area (Å²) in [6, 6.07) is 5.27. The van der Waals surface area contributed by atoms with Crippen LogP contribution in [0.25, 0.3) is 0 Å². The normalized spacial score (nSPS) is 10.7. The van der Waals surface area contributed by atoms with Crippen LogP contribution in [0, 0.1) is 0 Å². The molecule has 20 heavy (non-hydrogen) atoms. The first kappa shape index (κ1) is 15.8. The quantitative estimate of drug-likeness (QED) is 0.518. The third-order valence-electron chi connectivity index (χ3n) is 2.51. The molecule has 0 saturated carbocycles. The number of halogens is 4. The van der Waals surface area contributed by atoms with Gasteiger partial charge < -0.3 is 5.32 Å². The largest absolute Gasteiger partial charge is 0.339 e. The summed E-state index contributed by atoms with van der Waals surface area (Å²) >= 11 is 21.6. The van der Waals surface area contributed by atoms with Crippen LogP contribution in [-0.2, 0) is 6.42 Å². The SMILES string of the molecule is CCCc1nc(Cl)cc(Nc2ccc(Br)c(Cl)c2Cl)n1. The Kier molecular flexibility index (Phi) is 5.49. The van der Waals surface area contributed by atoms with E-state index < -0.39 is 0 Å². The van der Waals surface area contributed by atoms with E-state index in [9.17, 15) is 0 Å². The van der Waals surface area contributed by atoms with Crippen LogP contribution in [0.2, 0.25) is 15.2 Å². The molecule has 1 heterocycles. The van der Waals surface area contributed by atoms with E-state index in [0.29, 0.717) is 32.5 Å². The molecule has 0 radical (unpaired) electrons. The monoisotopic (exact) mass is 393 g/mol. The van der Waals surface area contributed by atoms with Gasteiger partial charge in [-0.25, -0.2) is 9.97 Å². The molecule has 1 aromatic carbocycles. The molecular weight excluding hydrogens is 384 g/mol. The number of aryl methyl sites for hydroxylation is 1. The van der Waals surface area contributed by atoms with Gasteiger partial charge in [0.1, 0.15) is 16.8 Å². The molecule has 0 atom stereocenters. The fourth-order valence-corrected chi connectivity index (χ4v) is 2.65. The van der Waals surface area contributed by atoms with Gasteiger partial charge in [-0.15, -0.1) is 0 Å². The van der Waals surface area contributed by atoms with Crippen molar-refractivity contribution in [2.45, 2.75) is 19.8 Å². The highest BCUT2D eigenvalue weighted by molar-refractivity contribution is 9.10. The number of hydrogen-bond acceptors (Lipinski definition) is 3. The zero-order valence-electron chi connectivity index (χ0n) is 10.6. The highest BCUT2D eigenvalue weighted by atomic mass is 79.9. The van der Waals surface area contributed by atoms with E-state index in [1.54, 1.807) is 6.07 Å². The molecule has 1 aromatic heterocycles. The van der Waals surface area contributed by atoms with E-state index in [4.69, 9.17) is 34.8 Å². The van der Waals surface area contributed by atoms with E-state index in [1.807, 2.05) is 12.1 Å². The Morgan fingerprint density at radius 1 is 1.15 bits per heavy atom. The number of nitrogens with zero attached hydrogens (tertiary/aromatic N) is 2. The lowest BCUT2D eigenvalue weighted by atomic mass is 10.3. The summed E-state index contributed by atoms with van der Waals surface area (Å²) in [6.07, 6.45) is 1.72. The molecule has 0 bridgehead atoms. The van der Waals surface area contributed by atoms with Gasteiger partial charge in [-0.2, -0.15) is 0 Å². The maximum absolute atomic E-state index is 6.19. The minimum atomic E-state index is 0.394. The number of benzene rings is 1. The molecule has 2 rings (SSSR count). The minimum Gasteiger partial charge on any atom is -0.339 e. The van der Waals surface area contributed by atoms with Gasteiger partial charge in [0.2, 0.25) is 0 Å². The average molecular weight is 396 g/mol. The maximum Gasteiger partial charge on any atom is 0.135 e. The maximum atomic E-state index is 6.19. The van der Waals surface area contributed by atoms with Crippen molar-refractivity contribution in [1.29, 1.82) is 0 Å². The van der Waals surface area contributed by atoms with E-state index in [0.717, 1.165) is 17.3 Å². The Morgan fingerprint density at radius 2 is 1.90 bits per heavy atom. The minimum absolute atomic E-state index is 0.394. The van der Waals surface area contributed by atoms with E-state index in [-0.39, 0.29) is 0 Å². The van der Waals surface area contributed by atoms with E-state index in [2.05, 4.69) is 38.1 Å². The van der Waals surface area contributed by atoms with Crippen molar-refractivity contribution in [1.82, 2.24) is 9.97 Å². The summed E-state index contributed by atoms with van der Waals surface area (Å²) in [5.41, 5.74) is 0.664. The molecule has 0 fully saturated rings. The topological polar surface area (TPSA) is 37.8 Å². The van der Waals surface area contributed by atoms with Gasteiger partial charge in [-0.1, -0.05) is 41.7 Å². The number of hydrogen-bond donors (Lipinski definition) is 1. The van der Waals surface area contributed by atoms with E-state index in [1.165, 1.54) is 0 Å². The van der Waals surface area contributed by atoms with Crippen LogP contribution in [0.5, 0.6) is 0 Å². The zero-order valence-corrected chi connectivity index (χ0v) is 14.4. The predicted molar refractivity (Wildman–Crippen MR) is 88.5 cm³/mol. The second-order valence-electron chi connectivity index (χ2n) is 4.09. The van der Waals surface area contributed by atoms with Crippen LogP contribution in [0.15, 0.2) is 22.7 Å². The Balaban J connectivity index is 2.32. The summed E-state index contributed by atoms with van der Waals surface area (Å²) < 4.78 is 0.738. The van der Waals surface area contributed by atoms with Crippen molar-refractivity contribution < 1.29 is 0 Å². The van der Waals surface area contributed by atoms with Crippen LogP contribution >= 0.6 is 50.7 Å². The lowest BCUT2D eigenvalue weighted by Gasteiger charge is -2.11. The zero-order chi connectivity index (χ0) is 14.7. The second kappa shape index (κ2) is 6.94. The fourth-order valence-electron chi connectivity index (χ4n) is 1.62. The number of aromatic nitrogens is 2. The molecule has 106 valence electrons. The van der Waals surface area contributed by atoms with Gasteiger partial charge in [0, 0.05) is 17.0 Å². The summed E-state index contributed by atoms with van der Waals surface area (Å²) in [5.74, 6) is 1.29. The molecular formula is C13H11BrCl3N3. The summed E-state index contributed by atoms with van der Waals surface area (Å²) in [4.78, 5) is 8.56. The van der Waals surface area contributed by atoms with Gasteiger partial charge in [-0.05, 0) is 34.5 Å². The van der Waals surface area contributed by atoms with Gasteiger partial charge in [0.25, 0.3) is 0 Å². The first-order valence-corrected chi connectivity index (χ1v) is 7.88. The molecule has 0 spiro atoms. The molecule has 0 unspecified atom stereocenters. The highest BCUT2D eigenvalue weighted by Gasteiger charge is 2.10. The molecule has 0 amide bonds. The number of rotatable bonds is 4. The Hall–Kier alpha value is -0.550. The fraction of sp³-hybridized carbons (Fsp3) is 0.231. The van der Waals surface area contributed by atoms with Gasteiger partial charge in [0.15, 0.2) is 0 Å². The molecule has 0 saturated heterocycles.